The standard InChI is InChI=1S/C11H14BrNO2/c12-10-6-8(13)3-4-11(10)15-7-9-2-1-5-14-9/h3-4,6,9H,1-2,5,7,13H2. The van der Waals surface area contributed by atoms with Crippen molar-refractivity contribution in [3.8, 4) is 5.75 Å². The molecule has 1 aliphatic rings. The maximum atomic E-state index is 5.65. The largest absolute Gasteiger partial charge is 0.490 e. The molecule has 1 aromatic carbocycles. The molecule has 2 N–H and O–H groups in total. The number of nitrogens with two attached hydrogens (primary N) is 1. The molecule has 82 valence electrons. The van der Waals surface area contributed by atoms with Crippen LogP contribution in [0.2, 0.25) is 0 Å². The van der Waals surface area contributed by atoms with Crippen molar-refractivity contribution in [2.45, 2.75) is 18.9 Å². The Morgan fingerprint density at radius 1 is 1.53 bits per heavy atom. The van der Waals surface area contributed by atoms with E-state index in [1.165, 1.54) is 0 Å². The molecule has 1 aromatic rings. The highest BCUT2D eigenvalue weighted by Crippen LogP contribution is 2.27. The fourth-order valence-corrected chi connectivity index (χ4v) is 2.10. The predicted octanol–water partition coefficient (Wildman–Crippen LogP) is 2.59. The van der Waals surface area contributed by atoms with Crippen LogP contribution in [0.3, 0.4) is 0 Å². The SMILES string of the molecule is Nc1ccc(OCC2CCCO2)c(Br)c1. The first-order valence-electron chi connectivity index (χ1n) is 5.05. The Morgan fingerprint density at radius 3 is 3.07 bits per heavy atom. The minimum absolute atomic E-state index is 0.245. The summed E-state index contributed by atoms with van der Waals surface area (Å²) in [4.78, 5) is 0. The molecule has 1 saturated heterocycles. The highest BCUT2D eigenvalue weighted by atomic mass is 79.9. The van der Waals surface area contributed by atoms with Gasteiger partial charge in [0.1, 0.15) is 12.4 Å². The van der Waals surface area contributed by atoms with E-state index >= 15 is 0 Å². The molecule has 1 fully saturated rings. The van der Waals surface area contributed by atoms with Crippen LogP contribution in [-0.4, -0.2) is 19.3 Å². The number of halogens is 1. The van der Waals surface area contributed by atoms with E-state index in [0.717, 1.165) is 35.4 Å². The smallest absolute Gasteiger partial charge is 0.133 e. The van der Waals surface area contributed by atoms with Gasteiger partial charge in [-0.15, -0.1) is 0 Å². The van der Waals surface area contributed by atoms with Gasteiger partial charge in [0, 0.05) is 12.3 Å². The molecular formula is C11H14BrNO2. The van der Waals surface area contributed by atoms with Crippen molar-refractivity contribution >= 4 is 21.6 Å². The molecule has 15 heavy (non-hydrogen) atoms. The molecule has 0 bridgehead atoms. The van der Waals surface area contributed by atoms with Gasteiger partial charge in [0.25, 0.3) is 0 Å². The summed E-state index contributed by atoms with van der Waals surface area (Å²) in [6.45, 7) is 1.47. The maximum Gasteiger partial charge on any atom is 0.133 e. The van der Waals surface area contributed by atoms with Crippen molar-refractivity contribution in [3.05, 3.63) is 22.7 Å². The number of benzene rings is 1. The molecule has 2 rings (SSSR count). The van der Waals surface area contributed by atoms with E-state index in [0.29, 0.717) is 6.61 Å². The quantitative estimate of drug-likeness (QED) is 0.860. The van der Waals surface area contributed by atoms with Gasteiger partial charge < -0.3 is 15.2 Å². The molecule has 0 saturated carbocycles. The van der Waals surface area contributed by atoms with E-state index in [9.17, 15) is 0 Å². The third kappa shape index (κ3) is 2.86. The molecule has 1 atom stereocenters. The first kappa shape index (κ1) is 10.8. The number of anilines is 1. The van der Waals surface area contributed by atoms with Crippen LogP contribution in [0, 0.1) is 0 Å². The number of nitrogen functional groups attached to an aromatic ring is 1. The van der Waals surface area contributed by atoms with Crippen LogP contribution in [0.15, 0.2) is 22.7 Å². The summed E-state index contributed by atoms with van der Waals surface area (Å²) >= 11 is 3.41. The van der Waals surface area contributed by atoms with Gasteiger partial charge in [0.05, 0.1) is 10.6 Å². The molecule has 1 heterocycles. The zero-order valence-corrected chi connectivity index (χ0v) is 10.00. The fourth-order valence-electron chi connectivity index (χ4n) is 1.59. The van der Waals surface area contributed by atoms with Gasteiger partial charge in [0.2, 0.25) is 0 Å². The topological polar surface area (TPSA) is 44.5 Å². The van der Waals surface area contributed by atoms with Crippen LogP contribution >= 0.6 is 15.9 Å². The zero-order valence-electron chi connectivity index (χ0n) is 8.41. The van der Waals surface area contributed by atoms with Crippen molar-refractivity contribution in [1.29, 1.82) is 0 Å². The number of hydrogen-bond acceptors (Lipinski definition) is 3. The van der Waals surface area contributed by atoms with E-state index < -0.39 is 0 Å². The van der Waals surface area contributed by atoms with E-state index in [1.807, 2.05) is 18.2 Å². The van der Waals surface area contributed by atoms with Gasteiger partial charge in [-0.05, 0) is 47.0 Å². The maximum absolute atomic E-state index is 5.65. The zero-order chi connectivity index (χ0) is 10.7. The second-order valence-corrected chi connectivity index (χ2v) is 4.49. The summed E-state index contributed by atoms with van der Waals surface area (Å²) in [6.07, 6.45) is 2.47. The van der Waals surface area contributed by atoms with E-state index in [-0.39, 0.29) is 6.10 Å². The second kappa shape index (κ2) is 4.86. The highest BCUT2D eigenvalue weighted by molar-refractivity contribution is 9.10. The van der Waals surface area contributed by atoms with E-state index in [2.05, 4.69) is 15.9 Å². The van der Waals surface area contributed by atoms with Crippen molar-refractivity contribution < 1.29 is 9.47 Å². The monoisotopic (exact) mass is 271 g/mol. The lowest BCUT2D eigenvalue weighted by Gasteiger charge is -2.12. The highest BCUT2D eigenvalue weighted by Gasteiger charge is 2.16. The minimum atomic E-state index is 0.245. The summed E-state index contributed by atoms with van der Waals surface area (Å²) in [5, 5.41) is 0. The Bertz CT molecular complexity index is 337. The van der Waals surface area contributed by atoms with Gasteiger partial charge >= 0.3 is 0 Å². The Kier molecular flexibility index (Phi) is 3.49. The molecule has 0 spiro atoms. The summed E-state index contributed by atoms with van der Waals surface area (Å²) in [5.41, 5.74) is 6.36. The summed E-state index contributed by atoms with van der Waals surface area (Å²) in [5.74, 6) is 0.819. The fraction of sp³-hybridized carbons (Fsp3) is 0.455. The lowest BCUT2D eigenvalue weighted by atomic mass is 10.2. The minimum Gasteiger partial charge on any atom is -0.490 e. The van der Waals surface area contributed by atoms with Gasteiger partial charge in [-0.3, -0.25) is 0 Å². The van der Waals surface area contributed by atoms with Crippen LogP contribution in [0.1, 0.15) is 12.8 Å². The first-order valence-corrected chi connectivity index (χ1v) is 5.84. The number of ether oxygens (including phenoxy) is 2. The lowest BCUT2D eigenvalue weighted by molar-refractivity contribution is 0.0677. The Morgan fingerprint density at radius 2 is 2.40 bits per heavy atom. The van der Waals surface area contributed by atoms with Crippen LogP contribution < -0.4 is 10.5 Å². The third-order valence-corrected chi connectivity index (χ3v) is 3.02. The van der Waals surface area contributed by atoms with Crippen LogP contribution in [0.25, 0.3) is 0 Å². The molecule has 0 radical (unpaired) electrons. The molecule has 0 amide bonds. The van der Waals surface area contributed by atoms with Crippen LogP contribution in [0.5, 0.6) is 5.75 Å². The van der Waals surface area contributed by atoms with Gasteiger partial charge in [-0.25, -0.2) is 0 Å². The average molecular weight is 272 g/mol. The van der Waals surface area contributed by atoms with Gasteiger partial charge in [-0.1, -0.05) is 0 Å². The number of rotatable bonds is 3. The Hall–Kier alpha value is -0.740. The first-order chi connectivity index (χ1) is 7.25. The normalized spacial score (nSPS) is 20.5. The third-order valence-electron chi connectivity index (χ3n) is 2.40. The summed E-state index contributed by atoms with van der Waals surface area (Å²) in [6, 6.07) is 5.54. The van der Waals surface area contributed by atoms with Crippen molar-refractivity contribution in [1.82, 2.24) is 0 Å². The predicted molar refractivity (Wildman–Crippen MR) is 63.0 cm³/mol. The van der Waals surface area contributed by atoms with Crippen LogP contribution in [0.4, 0.5) is 5.69 Å². The molecule has 4 heteroatoms. The van der Waals surface area contributed by atoms with Crippen molar-refractivity contribution in [2.75, 3.05) is 18.9 Å². The molecule has 1 aliphatic heterocycles. The lowest BCUT2D eigenvalue weighted by Crippen LogP contribution is -2.16. The second-order valence-electron chi connectivity index (χ2n) is 3.64. The molecular weight excluding hydrogens is 258 g/mol. The number of hydrogen-bond donors (Lipinski definition) is 1. The summed E-state index contributed by atoms with van der Waals surface area (Å²) < 4.78 is 12.0. The van der Waals surface area contributed by atoms with E-state index in [1.54, 1.807) is 0 Å². The molecule has 1 unspecified atom stereocenters. The van der Waals surface area contributed by atoms with Crippen molar-refractivity contribution in [3.63, 3.8) is 0 Å². The summed E-state index contributed by atoms with van der Waals surface area (Å²) in [7, 11) is 0. The Balaban J connectivity index is 1.92. The van der Waals surface area contributed by atoms with Gasteiger partial charge in [-0.2, -0.15) is 0 Å². The van der Waals surface area contributed by atoms with Crippen molar-refractivity contribution in [2.24, 2.45) is 0 Å². The van der Waals surface area contributed by atoms with Crippen LogP contribution in [-0.2, 0) is 4.74 Å². The Labute approximate surface area is 97.7 Å². The molecule has 0 aromatic heterocycles. The van der Waals surface area contributed by atoms with E-state index in [4.69, 9.17) is 15.2 Å². The average Bonchev–Trinajstić information content (AvgIpc) is 2.69. The van der Waals surface area contributed by atoms with Gasteiger partial charge in [0.15, 0.2) is 0 Å². The molecule has 0 aliphatic carbocycles. The molecule has 3 nitrogen and oxygen atoms in total.